The molecule has 134 valence electrons. The van der Waals surface area contributed by atoms with Gasteiger partial charge in [0.15, 0.2) is 5.82 Å². The van der Waals surface area contributed by atoms with E-state index in [4.69, 9.17) is 0 Å². The van der Waals surface area contributed by atoms with E-state index in [0.29, 0.717) is 22.3 Å². The molecule has 0 aliphatic heterocycles. The fourth-order valence-electron chi connectivity index (χ4n) is 2.88. The van der Waals surface area contributed by atoms with Gasteiger partial charge in [-0.2, -0.15) is 4.39 Å². The summed E-state index contributed by atoms with van der Waals surface area (Å²) in [5.41, 5.74) is 1.56. The van der Waals surface area contributed by atoms with Gasteiger partial charge in [0.05, 0.1) is 11.1 Å². The lowest BCUT2D eigenvalue weighted by Gasteiger charge is -2.11. The molecular weight excluding hydrogens is 353 g/mol. The highest BCUT2D eigenvalue weighted by Crippen LogP contribution is 2.31. The van der Waals surface area contributed by atoms with Crippen LogP contribution in [-0.2, 0) is 0 Å². The van der Waals surface area contributed by atoms with Crippen molar-refractivity contribution in [1.29, 1.82) is 0 Å². The molecule has 2 aromatic heterocycles. The third kappa shape index (κ3) is 3.08. The molecule has 0 aliphatic rings. The van der Waals surface area contributed by atoms with Gasteiger partial charge in [-0.3, -0.25) is 0 Å². The van der Waals surface area contributed by atoms with Crippen molar-refractivity contribution in [1.82, 2.24) is 15.0 Å². The third-order valence-corrected chi connectivity index (χ3v) is 4.17. The summed E-state index contributed by atoms with van der Waals surface area (Å²) in [6.45, 7) is 0. The molecule has 0 amide bonds. The Morgan fingerprint density at radius 1 is 0.889 bits per heavy atom. The molecule has 0 saturated heterocycles. The molecule has 4 aromatic rings. The number of nitrogens with one attached hydrogen (secondary N) is 1. The zero-order chi connectivity index (χ0) is 19.0. The molecule has 0 saturated carbocycles. The molecule has 4 nitrogen and oxygen atoms in total. The normalized spacial score (nSPS) is 11.0. The summed E-state index contributed by atoms with van der Waals surface area (Å²) in [7, 11) is 1.68. The number of pyridine rings is 1. The van der Waals surface area contributed by atoms with Crippen LogP contribution >= 0.6 is 0 Å². The summed E-state index contributed by atoms with van der Waals surface area (Å²) in [4.78, 5) is 12.4. The Bertz CT molecular complexity index is 1160. The Morgan fingerprint density at radius 2 is 1.74 bits per heavy atom. The average molecular weight is 366 g/mol. The second-order valence-electron chi connectivity index (χ2n) is 5.84. The van der Waals surface area contributed by atoms with Crippen LogP contribution in [0.5, 0.6) is 0 Å². The van der Waals surface area contributed by atoms with Crippen molar-refractivity contribution >= 4 is 16.7 Å². The van der Waals surface area contributed by atoms with Gasteiger partial charge < -0.3 is 5.32 Å². The summed E-state index contributed by atoms with van der Waals surface area (Å²) >= 11 is 0. The molecule has 0 unspecified atom stereocenters. The SMILES string of the molecule is CNc1nc(-c2cccnc2F)nc2ccc(-c3ccc(F)cc3F)cc12. The number of rotatable bonds is 3. The predicted molar refractivity (Wildman–Crippen MR) is 97.6 cm³/mol. The molecule has 0 bridgehead atoms. The minimum absolute atomic E-state index is 0.185. The minimum atomic E-state index is -0.663. The lowest BCUT2D eigenvalue weighted by atomic mass is 10.0. The van der Waals surface area contributed by atoms with Crippen LogP contribution in [0.2, 0.25) is 0 Å². The van der Waals surface area contributed by atoms with Gasteiger partial charge in [0.25, 0.3) is 0 Å². The molecule has 0 aliphatic carbocycles. The molecule has 2 aromatic carbocycles. The van der Waals surface area contributed by atoms with Crippen molar-refractivity contribution in [2.75, 3.05) is 12.4 Å². The number of benzene rings is 2. The Morgan fingerprint density at radius 3 is 2.48 bits per heavy atom. The maximum Gasteiger partial charge on any atom is 0.223 e. The van der Waals surface area contributed by atoms with Crippen LogP contribution in [0, 0.1) is 17.6 Å². The van der Waals surface area contributed by atoms with Gasteiger partial charge in [0.1, 0.15) is 17.5 Å². The highest BCUT2D eigenvalue weighted by molar-refractivity contribution is 5.93. The lowest BCUT2D eigenvalue weighted by molar-refractivity contribution is 0.585. The molecule has 7 heteroatoms. The van der Waals surface area contributed by atoms with E-state index >= 15 is 0 Å². The van der Waals surface area contributed by atoms with E-state index in [0.717, 1.165) is 6.07 Å². The van der Waals surface area contributed by atoms with Gasteiger partial charge in [0, 0.05) is 30.3 Å². The summed E-state index contributed by atoms with van der Waals surface area (Å²) in [6, 6.07) is 11.6. The van der Waals surface area contributed by atoms with Crippen molar-refractivity contribution in [2.24, 2.45) is 0 Å². The molecule has 4 rings (SSSR count). The average Bonchev–Trinajstić information content (AvgIpc) is 2.67. The number of hydrogen-bond donors (Lipinski definition) is 1. The first-order valence-electron chi connectivity index (χ1n) is 8.12. The zero-order valence-corrected chi connectivity index (χ0v) is 14.2. The van der Waals surface area contributed by atoms with Crippen LogP contribution in [0.15, 0.2) is 54.7 Å². The Labute approximate surface area is 152 Å². The smallest absolute Gasteiger partial charge is 0.223 e. The lowest BCUT2D eigenvalue weighted by Crippen LogP contribution is -2.01. The van der Waals surface area contributed by atoms with Gasteiger partial charge in [-0.25, -0.2) is 23.7 Å². The van der Waals surface area contributed by atoms with Crippen molar-refractivity contribution in [3.8, 4) is 22.5 Å². The van der Waals surface area contributed by atoms with Gasteiger partial charge in [0.2, 0.25) is 5.95 Å². The number of hydrogen-bond acceptors (Lipinski definition) is 4. The highest BCUT2D eigenvalue weighted by atomic mass is 19.1. The second kappa shape index (κ2) is 6.68. The summed E-state index contributed by atoms with van der Waals surface area (Å²) in [6.07, 6.45) is 1.35. The number of fused-ring (bicyclic) bond motifs is 1. The molecular formula is C20H13F3N4. The Balaban J connectivity index is 1.90. The Kier molecular flexibility index (Phi) is 4.19. The van der Waals surface area contributed by atoms with Crippen LogP contribution in [0.4, 0.5) is 19.0 Å². The van der Waals surface area contributed by atoms with Crippen molar-refractivity contribution in [3.05, 3.63) is 72.3 Å². The molecule has 1 N–H and O–H groups in total. The van der Waals surface area contributed by atoms with E-state index in [2.05, 4.69) is 20.3 Å². The molecule has 0 spiro atoms. The van der Waals surface area contributed by atoms with Crippen LogP contribution in [0.3, 0.4) is 0 Å². The van der Waals surface area contributed by atoms with Crippen LogP contribution in [0.25, 0.3) is 33.4 Å². The quantitative estimate of drug-likeness (QED) is 0.528. The Hall–Kier alpha value is -3.48. The summed E-state index contributed by atoms with van der Waals surface area (Å²) in [5.74, 6) is -1.31. The maximum absolute atomic E-state index is 14.1. The number of aromatic nitrogens is 3. The molecule has 0 atom stereocenters. The van der Waals surface area contributed by atoms with Gasteiger partial charge in [-0.1, -0.05) is 6.07 Å². The first-order chi connectivity index (χ1) is 13.1. The molecule has 0 radical (unpaired) electrons. The van der Waals surface area contributed by atoms with Gasteiger partial charge in [-0.15, -0.1) is 0 Å². The largest absolute Gasteiger partial charge is 0.373 e. The van der Waals surface area contributed by atoms with E-state index in [9.17, 15) is 13.2 Å². The number of nitrogens with zero attached hydrogens (tertiary/aromatic N) is 3. The molecule has 2 heterocycles. The predicted octanol–water partition coefficient (Wildman–Crippen LogP) is 4.82. The second-order valence-corrected chi connectivity index (χ2v) is 5.84. The van der Waals surface area contributed by atoms with Crippen molar-refractivity contribution < 1.29 is 13.2 Å². The third-order valence-electron chi connectivity index (χ3n) is 4.17. The maximum atomic E-state index is 14.1. The monoisotopic (exact) mass is 366 g/mol. The first-order valence-corrected chi connectivity index (χ1v) is 8.12. The fraction of sp³-hybridized carbons (Fsp3) is 0.0500. The van der Waals surface area contributed by atoms with Gasteiger partial charge >= 0.3 is 0 Å². The number of anilines is 1. The first kappa shape index (κ1) is 17.0. The van der Waals surface area contributed by atoms with E-state index in [1.165, 1.54) is 18.3 Å². The molecule has 0 fully saturated rings. The van der Waals surface area contributed by atoms with E-state index < -0.39 is 17.6 Å². The van der Waals surface area contributed by atoms with E-state index in [1.807, 2.05) is 0 Å². The standard InChI is InChI=1S/C20H13F3N4/c1-24-19-15-9-11(13-6-5-12(21)10-16(13)22)4-7-17(15)26-20(27-19)14-3-2-8-25-18(14)23/h2-10H,1H3,(H,24,26,27). The topological polar surface area (TPSA) is 50.7 Å². The number of halogens is 3. The van der Waals surface area contributed by atoms with Crippen LogP contribution in [-0.4, -0.2) is 22.0 Å². The van der Waals surface area contributed by atoms with Crippen LogP contribution < -0.4 is 5.32 Å². The van der Waals surface area contributed by atoms with E-state index in [-0.39, 0.29) is 17.0 Å². The van der Waals surface area contributed by atoms with E-state index in [1.54, 1.807) is 37.4 Å². The summed E-state index contributed by atoms with van der Waals surface area (Å²) in [5, 5.41) is 3.59. The van der Waals surface area contributed by atoms with Gasteiger partial charge in [-0.05, 0) is 42.0 Å². The van der Waals surface area contributed by atoms with Crippen LogP contribution in [0.1, 0.15) is 0 Å². The minimum Gasteiger partial charge on any atom is -0.373 e. The molecule has 27 heavy (non-hydrogen) atoms. The highest BCUT2D eigenvalue weighted by Gasteiger charge is 2.14. The summed E-state index contributed by atoms with van der Waals surface area (Å²) < 4.78 is 41.3. The fourth-order valence-corrected chi connectivity index (χ4v) is 2.88. The van der Waals surface area contributed by atoms with Crippen molar-refractivity contribution in [3.63, 3.8) is 0 Å². The zero-order valence-electron chi connectivity index (χ0n) is 14.2. The van der Waals surface area contributed by atoms with Crippen molar-refractivity contribution in [2.45, 2.75) is 0 Å².